The summed E-state index contributed by atoms with van der Waals surface area (Å²) in [5.41, 5.74) is 0. The third-order valence-electron chi connectivity index (χ3n) is 2.24. The van der Waals surface area contributed by atoms with Crippen LogP contribution in [0, 0.1) is 0 Å². The Labute approximate surface area is 78.3 Å². The number of aliphatic carboxylic acids is 1. The summed E-state index contributed by atoms with van der Waals surface area (Å²) in [5, 5.41) is 11.5. The molecule has 13 heavy (non-hydrogen) atoms. The summed E-state index contributed by atoms with van der Waals surface area (Å²) in [4.78, 5) is 10.3. The molecule has 1 heterocycles. The highest BCUT2D eigenvalue weighted by Gasteiger charge is 2.24. The second-order valence-corrected chi connectivity index (χ2v) is 3.70. The molecule has 0 aromatic heterocycles. The van der Waals surface area contributed by atoms with Gasteiger partial charge in [0.05, 0.1) is 18.8 Å². The Morgan fingerprint density at radius 3 is 2.46 bits per heavy atom. The molecular formula is C9H17NO3. The van der Waals surface area contributed by atoms with Gasteiger partial charge in [0.15, 0.2) is 0 Å². The van der Waals surface area contributed by atoms with Crippen LogP contribution in [-0.4, -0.2) is 35.9 Å². The van der Waals surface area contributed by atoms with Crippen LogP contribution < -0.4 is 5.32 Å². The average molecular weight is 187 g/mol. The molecule has 0 amide bonds. The van der Waals surface area contributed by atoms with Gasteiger partial charge in [0.2, 0.25) is 0 Å². The van der Waals surface area contributed by atoms with E-state index in [1.54, 1.807) is 0 Å². The molecule has 0 radical (unpaired) electrons. The standard InChI is InChI=1S/C9H17NO3/c1-6-3-8(4-7(2)13-6)10-5-9(11)12/h6-8,10H,3-5H2,1-2H3,(H,11,12). The summed E-state index contributed by atoms with van der Waals surface area (Å²) in [6.45, 7) is 4.08. The Balaban J connectivity index is 2.28. The quantitative estimate of drug-likeness (QED) is 0.680. The molecule has 2 unspecified atom stereocenters. The van der Waals surface area contributed by atoms with Crippen LogP contribution in [0.3, 0.4) is 0 Å². The molecule has 2 N–H and O–H groups in total. The third-order valence-corrected chi connectivity index (χ3v) is 2.24. The minimum absolute atomic E-state index is 0.0457. The van der Waals surface area contributed by atoms with Gasteiger partial charge >= 0.3 is 5.97 Å². The van der Waals surface area contributed by atoms with Crippen molar-refractivity contribution in [3.8, 4) is 0 Å². The van der Waals surface area contributed by atoms with Crippen molar-refractivity contribution < 1.29 is 14.6 Å². The van der Waals surface area contributed by atoms with Crippen LogP contribution >= 0.6 is 0 Å². The predicted molar refractivity (Wildman–Crippen MR) is 48.7 cm³/mol. The van der Waals surface area contributed by atoms with Crippen molar-refractivity contribution in [2.24, 2.45) is 0 Å². The van der Waals surface area contributed by atoms with Crippen LogP contribution in [-0.2, 0) is 9.53 Å². The summed E-state index contributed by atoms with van der Waals surface area (Å²) in [5.74, 6) is -0.799. The molecule has 76 valence electrons. The van der Waals surface area contributed by atoms with E-state index in [9.17, 15) is 4.79 Å². The van der Waals surface area contributed by atoms with Crippen LogP contribution in [0.5, 0.6) is 0 Å². The highest BCUT2D eigenvalue weighted by atomic mass is 16.5. The van der Waals surface area contributed by atoms with Crippen molar-refractivity contribution in [3.63, 3.8) is 0 Å². The van der Waals surface area contributed by atoms with Gasteiger partial charge in [-0.3, -0.25) is 4.79 Å². The van der Waals surface area contributed by atoms with Crippen LogP contribution in [0.4, 0.5) is 0 Å². The minimum atomic E-state index is -0.799. The van der Waals surface area contributed by atoms with Gasteiger partial charge in [0, 0.05) is 6.04 Å². The van der Waals surface area contributed by atoms with Gasteiger partial charge in [-0.2, -0.15) is 0 Å². The normalized spacial score (nSPS) is 34.5. The van der Waals surface area contributed by atoms with E-state index in [0.717, 1.165) is 12.8 Å². The Morgan fingerprint density at radius 1 is 1.46 bits per heavy atom. The summed E-state index contributed by atoms with van der Waals surface area (Å²) >= 11 is 0. The van der Waals surface area contributed by atoms with Gasteiger partial charge in [-0.15, -0.1) is 0 Å². The molecule has 0 spiro atoms. The van der Waals surface area contributed by atoms with Crippen LogP contribution in [0.25, 0.3) is 0 Å². The lowest BCUT2D eigenvalue weighted by Crippen LogP contribution is -2.43. The molecule has 0 aliphatic carbocycles. The lowest BCUT2D eigenvalue weighted by atomic mass is 10.00. The van der Waals surface area contributed by atoms with Crippen LogP contribution in [0.1, 0.15) is 26.7 Å². The predicted octanol–water partition coefficient (Wildman–Crippen LogP) is 0.617. The van der Waals surface area contributed by atoms with Crippen LogP contribution in [0.2, 0.25) is 0 Å². The van der Waals surface area contributed by atoms with Gasteiger partial charge in [-0.1, -0.05) is 0 Å². The van der Waals surface area contributed by atoms with Crippen molar-refractivity contribution in [1.29, 1.82) is 0 Å². The lowest BCUT2D eigenvalue weighted by Gasteiger charge is -2.32. The van der Waals surface area contributed by atoms with E-state index in [1.807, 2.05) is 13.8 Å². The number of hydrogen-bond acceptors (Lipinski definition) is 3. The molecule has 0 bridgehead atoms. The maximum atomic E-state index is 10.3. The van der Waals surface area contributed by atoms with E-state index in [4.69, 9.17) is 9.84 Å². The summed E-state index contributed by atoms with van der Waals surface area (Å²) in [6.07, 6.45) is 2.26. The molecule has 4 heteroatoms. The lowest BCUT2D eigenvalue weighted by molar-refractivity contribution is -0.136. The van der Waals surface area contributed by atoms with Crippen molar-refractivity contribution in [2.45, 2.75) is 44.9 Å². The van der Waals surface area contributed by atoms with Gasteiger partial charge < -0.3 is 15.2 Å². The summed E-state index contributed by atoms with van der Waals surface area (Å²) in [7, 11) is 0. The second-order valence-electron chi connectivity index (χ2n) is 3.70. The fourth-order valence-corrected chi connectivity index (χ4v) is 1.80. The number of ether oxygens (including phenoxy) is 1. The van der Waals surface area contributed by atoms with Crippen molar-refractivity contribution in [3.05, 3.63) is 0 Å². The van der Waals surface area contributed by atoms with E-state index >= 15 is 0 Å². The SMILES string of the molecule is CC1CC(NCC(=O)O)CC(C)O1. The molecule has 1 aliphatic heterocycles. The highest BCUT2D eigenvalue weighted by molar-refractivity contribution is 5.69. The van der Waals surface area contributed by atoms with E-state index in [1.165, 1.54) is 0 Å². The molecule has 1 rings (SSSR count). The zero-order valence-corrected chi connectivity index (χ0v) is 8.12. The van der Waals surface area contributed by atoms with Gasteiger partial charge in [-0.25, -0.2) is 0 Å². The Morgan fingerprint density at radius 2 is 2.00 bits per heavy atom. The van der Waals surface area contributed by atoms with E-state index in [2.05, 4.69) is 5.32 Å². The zero-order chi connectivity index (χ0) is 9.84. The average Bonchev–Trinajstić information content (AvgIpc) is 1.99. The zero-order valence-electron chi connectivity index (χ0n) is 8.12. The Hall–Kier alpha value is -0.610. The number of rotatable bonds is 3. The van der Waals surface area contributed by atoms with Crippen molar-refractivity contribution in [1.82, 2.24) is 5.32 Å². The van der Waals surface area contributed by atoms with Gasteiger partial charge in [0.25, 0.3) is 0 Å². The summed E-state index contributed by atoms with van der Waals surface area (Å²) < 4.78 is 5.54. The number of hydrogen-bond donors (Lipinski definition) is 2. The van der Waals surface area contributed by atoms with Gasteiger partial charge in [0.1, 0.15) is 0 Å². The van der Waals surface area contributed by atoms with E-state index in [0.29, 0.717) is 0 Å². The fourth-order valence-electron chi connectivity index (χ4n) is 1.80. The molecule has 4 nitrogen and oxygen atoms in total. The Bertz CT molecular complexity index is 174. The third kappa shape index (κ3) is 3.74. The molecule has 1 fully saturated rings. The molecule has 0 aromatic carbocycles. The Kier molecular flexibility index (Phi) is 3.69. The molecule has 1 aliphatic rings. The number of carboxylic acids is 1. The monoisotopic (exact) mass is 187 g/mol. The first-order valence-corrected chi connectivity index (χ1v) is 4.68. The molecule has 2 atom stereocenters. The molecule has 0 aromatic rings. The minimum Gasteiger partial charge on any atom is -0.480 e. The van der Waals surface area contributed by atoms with Crippen molar-refractivity contribution in [2.75, 3.05) is 6.54 Å². The molecule has 0 saturated carbocycles. The van der Waals surface area contributed by atoms with Gasteiger partial charge in [-0.05, 0) is 26.7 Å². The second kappa shape index (κ2) is 4.58. The maximum absolute atomic E-state index is 10.3. The number of carboxylic acid groups (broad SMARTS) is 1. The first kappa shape index (κ1) is 10.5. The topological polar surface area (TPSA) is 58.6 Å². The smallest absolute Gasteiger partial charge is 0.317 e. The fraction of sp³-hybridized carbons (Fsp3) is 0.889. The largest absolute Gasteiger partial charge is 0.480 e. The highest BCUT2D eigenvalue weighted by Crippen LogP contribution is 2.18. The molecule has 1 saturated heterocycles. The molecular weight excluding hydrogens is 170 g/mol. The number of carbonyl (C=O) groups is 1. The van der Waals surface area contributed by atoms with Crippen LogP contribution in [0.15, 0.2) is 0 Å². The first-order valence-electron chi connectivity index (χ1n) is 4.68. The first-order chi connectivity index (χ1) is 6.08. The summed E-state index contributed by atoms with van der Waals surface area (Å²) in [6, 6.07) is 0.287. The van der Waals surface area contributed by atoms with E-state index < -0.39 is 5.97 Å². The maximum Gasteiger partial charge on any atom is 0.317 e. The number of nitrogens with one attached hydrogen (secondary N) is 1. The van der Waals surface area contributed by atoms with Crippen molar-refractivity contribution >= 4 is 5.97 Å². The van der Waals surface area contributed by atoms with E-state index in [-0.39, 0.29) is 24.8 Å².